The van der Waals surface area contributed by atoms with Gasteiger partial charge in [0.2, 0.25) is 5.91 Å². The fourth-order valence-electron chi connectivity index (χ4n) is 3.71. The van der Waals surface area contributed by atoms with Crippen molar-refractivity contribution in [2.24, 2.45) is 11.8 Å². The highest BCUT2D eigenvalue weighted by molar-refractivity contribution is 14.1. The molecule has 0 saturated heterocycles. The van der Waals surface area contributed by atoms with Gasteiger partial charge < -0.3 is 8.38 Å². The van der Waals surface area contributed by atoms with Gasteiger partial charge in [-0.2, -0.15) is 0 Å². The molecule has 3 aromatic rings. The molecular formula is C27H23FINO5. The van der Waals surface area contributed by atoms with Crippen LogP contribution in [0.2, 0.25) is 0 Å². The second kappa shape index (κ2) is 11.8. The third-order valence-electron chi connectivity index (χ3n) is 5.52. The van der Waals surface area contributed by atoms with Crippen LogP contribution in [0.3, 0.4) is 0 Å². The van der Waals surface area contributed by atoms with Gasteiger partial charge in [0.25, 0.3) is 0 Å². The first-order valence-electron chi connectivity index (χ1n) is 10.8. The molecule has 2 unspecified atom stereocenters. The molecule has 0 heterocycles. The summed E-state index contributed by atoms with van der Waals surface area (Å²) in [5, 5.41) is 2.70. The van der Waals surface area contributed by atoms with Crippen LogP contribution in [0.15, 0.2) is 78.9 Å². The number of hydrogen-bond donors (Lipinski definition) is 1. The predicted octanol–water partition coefficient (Wildman–Crippen LogP) is 5.78. The Morgan fingerprint density at radius 3 is 1.94 bits per heavy atom. The smallest absolute Gasteiger partial charge is 0.347 e. The van der Waals surface area contributed by atoms with E-state index in [4.69, 9.17) is 0 Å². The lowest BCUT2D eigenvalue weighted by molar-refractivity contribution is -0.133. The molecule has 0 aliphatic rings. The molecule has 8 heteroatoms. The van der Waals surface area contributed by atoms with Crippen LogP contribution in [0.5, 0.6) is 0 Å². The molecule has 1 N–H and O–H groups in total. The molecule has 180 valence electrons. The van der Waals surface area contributed by atoms with Gasteiger partial charge in [0, 0.05) is 17.2 Å². The number of anilines is 1. The SMILES string of the molecule is CC(C)C(=O)C(C(=O)Nc1ccc(C(=O)OI)cc1)C(C(=O)c1ccc(F)cc1)c1ccccc1. The van der Waals surface area contributed by atoms with Crippen LogP contribution < -0.4 is 5.32 Å². The van der Waals surface area contributed by atoms with Crippen LogP contribution >= 0.6 is 23.0 Å². The van der Waals surface area contributed by atoms with Gasteiger partial charge in [-0.3, -0.25) is 14.4 Å². The Morgan fingerprint density at radius 1 is 0.829 bits per heavy atom. The van der Waals surface area contributed by atoms with E-state index in [1.807, 2.05) is 0 Å². The number of halogens is 2. The van der Waals surface area contributed by atoms with Gasteiger partial charge in [-0.15, -0.1) is 0 Å². The van der Waals surface area contributed by atoms with Crippen LogP contribution in [0.25, 0.3) is 0 Å². The first-order valence-corrected chi connectivity index (χ1v) is 11.7. The summed E-state index contributed by atoms with van der Waals surface area (Å²) in [5.41, 5.74) is 1.33. The van der Waals surface area contributed by atoms with E-state index in [-0.39, 0.29) is 5.56 Å². The van der Waals surface area contributed by atoms with E-state index in [1.165, 1.54) is 59.4 Å². The first kappa shape index (κ1) is 26.2. The average Bonchev–Trinajstić information content (AvgIpc) is 2.87. The molecule has 3 rings (SSSR count). The van der Waals surface area contributed by atoms with Crippen LogP contribution in [0.4, 0.5) is 10.1 Å². The number of ketones is 2. The lowest BCUT2D eigenvalue weighted by atomic mass is 9.75. The number of rotatable bonds is 9. The minimum absolute atomic E-state index is 0.191. The number of nitrogens with one attached hydrogen (secondary N) is 1. The summed E-state index contributed by atoms with van der Waals surface area (Å²) in [6, 6.07) is 19.6. The number of amides is 1. The molecule has 0 bridgehead atoms. The maximum Gasteiger partial charge on any atom is 0.347 e. The van der Waals surface area contributed by atoms with E-state index in [0.717, 1.165) is 12.1 Å². The zero-order valence-electron chi connectivity index (χ0n) is 19.0. The molecule has 6 nitrogen and oxygen atoms in total. The predicted molar refractivity (Wildman–Crippen MR) is 138 cm³/mol. The zero-order chi connectivity index (χ0) is 25.5. The van der Waals surface area contributed by atoms with Crippen LogP contribution in [0.1, 0.15) is 46.0 Å². The molecule has 0 spiro atoms. The Bertz CT molecular complexity index is 1210. The lowest BCUT2D eigenvalue weighted by Crippen LogP contribution is -2.40. The summed E-state index contributed by atoms with van der Waals surface area (Å²) >= 11 is 1.48. The Morgan fingerprint density at radius 2 is 1.40 bits per heavy atom. The molecule has 3 aromatic carbocycles. The summed E-state index contributed by atoms with van der Waals surface area (Å²) in [5.74, 6) is -5.55. The van der Waals surface area contributed by atoms with Gasteiger partial charge in [0.1, 0.15) is 17.5 Å². The maximum absolute atomic E-state index is 13.6. The van der Waals surface area contributed by atoms with Crippen molar-refractivity contribution in [1.29, 1.82) is 0 Å². The third-order valence-corrected chi connectivity index (χ3v) is 5.92. The van der Waals surface area contributed by atoms with E-state index < -0.39 is 47.0 Å². The minimum Gasteiger partial charge on any atom is -0.391 e. The van der Waals surface area contributed by atoms with Gasteiger partial charge in [-0.1, -0.05) is 44.2 Å². The second-order valence-corrected chi connectivity index (χ2v) is 8.67. The third kappa shape index (κ3) is 6.39. The van der Waals surface area contributed by atoms with Crippen molar-refractivity contribution in [2.45, 2.75) is 19.8 Å². The Balaban J connectivity index is 2.02. The molecule has 0 radical (unpaired) electrons. The normalized spacial score (nSPS) is 12.5. The number of Topliss-reactive ketones (excluding diaryl/α,β-unsaturated/α-hetero) is 2. The van der Waals surface area contributed by atoms with Crippen molar-refractivity contribution in [3.05, 3.63) is 101 Å². The van der Waals surface area contributed by atoms with E-state index in [1.54, 1.807) is 44.2 Å². The van der Waals surface area contributed by atoms with Gasteiger partial charge >= 0.3 is 5.97 Å². The molecule has 0 aliphatic heterocycles. The summed E-state index contributed by atoms with van der Waals surface area (Å²) in [6.07, 6.45) is 0. The topological polar surface area (TPSA) is 89.5 Å². The standard InChI is InChI=1S/C27H23FINO5/c1-16(2)24(31)23(26(33)30-21-14-10-19(11-15-21)27(34)35-29)22(17-6-4-3-5-7-17)25(32)18-8-12-20(28)13-9-18/h3-16,22-23H,1-2H3,(H,30,33). The molecule has 1 amide bonds. The number of carbonyl (C=O) groups excluding carboxylic acids is 4. The van der Waals surface area contributed by atoms with Crippen molar-refractivity contribution in [3.63, 3.8) is 0 Å². The zero-order valence-corrected chi connectivity index (χ0v) is 21.2. The molecular weight excluding hydrogens is 564 g/mol. The lowest BCUT2D eigenvalue weighted by Gasteiger charge is -2.26. The molecule has 0 aromatic heterocycles. The van der Waals surface area contributed by atoms with Crippen molar-refractivity contribution in [2.75, 3.05) is 5.32 Å². The largest absolute Gasteiger partial charge is 0.391 e. The monoisotopic (exact) mass is 587 g/mol. The highest BCUT2D eigenvalue weighted by Gasteiger charge is 2.41. The summed E-state index contributed by atoms with van der Waals surface area (Å²) < 4.78 is 18.1. The molecule has 2 atom stereocenters. The van der Waals surface area contributed by atoms with Crippen molar-refractivity contribution >= 4 is 52.1 Å². The average molecular weight is 587 g/mol. The van der Waals surface area contributed by atoms with Crippen molar-refractivity contribution in [1.82, 2.24) is 0 Å². The van der Waals surface area contributed by atoms with Crippen molar-refractivity contribution < 1.29 is 26.6 Å². The van der Waals surface area contributed by atoms with Gasteiger partial charge in [0.05, 0.1) is 11.5 Å². The molecule has 0 fully saturated rings. The Labute approximate surface area is 216 Å². The van der Waals surface area contributed by atoms with Crippen molar-refractivity contribution in [3.8, 4) is 0 Å². The fourth-order valence-corrected chi connectivity index (χ4v) is 3.96. The molecule has 35 heavy (non-hydrogen) atoms. The van der Waals surface area contributed by atoms with Crippen LogP contribution in [-0.2, 0) is 12.7 Å². The molecule has 0 saturated carbocycles. The number of carbonyl (C=O) groups is 4. The highest BCUT2D eigenvalue weighted by atomic mass is 127. The van der Waals surface area contributed by atoms with Gasteiger partial charge in [0.15, 0.2) is 28.8 Å². The maximum atomic E-state index is 13.6. The van der Waals surface area contributed by atoms with Crippen LogP contribution in [0, 0.1) is 17.7 Å². The summed E-state index contributed by atoms with van der Waals surface area (Å²) in [7, 11) is 0. The van der Waals surface area contributed by atoms with Crippen LogP contribution in [-0.4, -0.2) is 23.4 Å². The number of hydrogen-bond acceptors (Lipinski definition) is 5. The quantitative estimate of drug-likeness (QED) is 0.195. The van der Waals surface area contributed by atoms with Gasteiger partial charge in [-0.05, 0) is 54.1 Å². The second-order valence-electron chi connectivity index (χ2n) is 8.23. The van der Waals surface area contributed by atoms with E-state index in [0.29, 0.717) is 16.8 Å². The summed E-state index contributed by atoms with van der Waals surface area (Å²) in [6.45, 7) is 3.33. The summed E-state index contributed by atoms with van der Waals surface area (Å²) in [4.78, 5) is 52.1. The molecule has 0 aliphatic carbocycles. The fraction of sp³-hybridized carbons (Fsp3) is 0.185. The van der Waals surface area contributed by atoms with E-state index >= 15 is 0 Å². The van der Waals surface area contributed by atoms with E-state index in [9.17, 15) is 23.6 Å². The van der Waals surface area contributed by atoms with E-state index in [2.05, 4.69) is 8.38 Å². The van der Waals surface area contributed by atoms with Gasteiger partial charge in [-0.25, -0.2) is 9.18 Å². The number of benzene rings is 3. The Kier molecular flexibility index (Phi) is 8.86. The first-order chi connectivity index (χ1) is 16.7. The minimum atomic E-state index is -1.34. The Hall–Kier alpha value is -3.40. The highest BCUT2D eigenvalue weighted by Crippen LogP contribution is 2.32.